The van der Waals surface area contributed by atoms with Gasteiger partial charge in [0.25, 0.3) is 5.56 Å². The van der Waals surface area contributed by atoms with Crippen molar-refractivity contribution < 1.29 is 17.7 Å². The molecule has 1 atom stereocenters. The number of ether oxygens (including phenoxy) is 1. The number of halogens is 2. The molecular weight excluding hydrogens is 436 g/mol. The fourth-order valence-electron chi connectivity index (χ4n) is 3.43. The van der Waals surface area contributed by atoms with Gasteiger partial charge in [-0.2, -0.15) is 0 Å². The van der Waals surface area contributed by atoms with Gasteiger partial charge in [0.05, 0.1) is 9.73 Å². The maximum Gasteiger partial charge on any atom is 0.274 e. The van der Waals surface area contributed by atoms with E-state index in [1.165, 1.54) is 22.8 Å². The normalized spacial score (nSPS) is 13.4. The van der Waals surface area contributed by atoms with E-state index in [4.69, 9.17) is 9.52 Å². The summed E-state index contributed by atoms with van der Waals surface area (Å²) in [6, 6.07) is 9.28. The Balaban J connectivity index is 1.99. The van der Waals surface area contributed by atoms with Crippen molar-refractivity contribution in [1.82, 2.24) is 9.55 Å². The predicted molar refractivity (Wildman–Crippen MR) is 120 cm³/mol. The highest BCUT2D eigenvalue weighted by Gasteiger charge is 2.21. The van der Waals surface area contributed by atoms with Crippen LogP contribution in [0.5, 0.6) is 11.5 Å². The zero-order chi connectivity index (χ0) is 23.2. The summed E-state index contributed by atoms with van der Waals surface area (Å²) in [5.74, 6) is -1.59. The van der Waals surface area contributed by atoms with Crippen molar-refractivity contribution in [2.45, 2.75) is 24.0 Å². The molecule has 6 nitrogen and oxygen atoms in total. The summed E-state index contributed by atoms with van der Waals surface area (Å²) in [6.07, 6.45) is 3.23. The first-order valence-electron chi connectivity index (χ1n) is 9.81. The summed E-state index contributed by atoms with van der Waals surface area (Å²) in [4.78, 5) is 15.7. The van der Waals surface area contributed by atoms with Crippen molar-refractivity contribution in [1.29, 1.82) is 4.78 Å². The van der Waals surface area contributed by atoms with Crippen LogP contribution in [0.2, 0.25) is 0 Å². The Morgan fingerprint density at radius 1 is 1.06 bits per heavy atom. The topological polar surface area (TPSA) is 87.9 Å². The second-order valence-corrected chi connectivity index (χ2v) is 10.3. The number of pyridine rings is 1. The van der Waals surface area contributed by atoms with Crippen LogP contribution >= 0.6 is 0 Å². The number of benzene rings is 2. The third-order valence-electron chi connectivity index (χ3n) is 5.26. The molecular formula is C23H21F2N3O3S. The van der Waals surface area contributed by atoms with Gasteiger partial charge in [0.2, 0.25) is 0 Å². The number of aromatic nitrogens is 2. The van der Waals surface area contributed by atoms with Crippen LogP contribution in [-0.2, 0) is 16.8 Å². The minimum absolute atomic E-state index is 0.189. The van der Waals surface area contributed by atoms with Gasteiger partial charge in [0.15, 0.2) is 11.6 Å². The Hall–Kier alpha value is -3.46. The van der Waals surface area contributed by atoms with Gasteiger partial charge in [-0.25, -0.2) is 17.8 Å². The van der Waals surface area contributed by atoms with E-state index in [-0.39, 0.29) is 22.0 Å². The average molecular weight is 458 g/mol. The number of nitrogens with zero attached hydrogens (tertiary/aromatic N) is 1. The minimum atomic E-state index is -3.12. The molecule has 0 spiro atoms. The molecule has 0 bridgehead atoms. The van der Waals surface area contributed by atoms with E-state index in [1.54, 1.807) is 45.4 Å². The molecule has 9 heteroatoms. The van der Waals surface area contributed by atoms with Gasteiger partial charge in [0, 0.05) is 52.2 Å². The molecule has 0 fully saturated rings. The summed E-state index contributed by atoms with van der Waals surface area (Å²) in [5.41, 5.74) is 1.13. The molecule has 2 aromatic carbocycles. The van der Waals surface area contributed by atoms with Crippen LogP contribution in [0, 0.1) is 16.4 Å². The first kappa shape index (κ1) is 21.8. The number of aromatic amines is 1. The number of hydrogen-bond acceptors (Lipinski definition) is 4. The Morgan fingerprint density at radius 3 is 2.47 bits per heavy atom. The van der Waals surface area contributed by atoms with E-state index < -0.39 is 26.6 Å². The van der Waals surface area contributed by atoms with Gasteiger partial charge in [0.1, 0.15) is 17.1 Å². The molecule has 4 aromatic rings. The third-order valence-corrected chi connectivity index (χ3v) is 7.55. The second-order valence-electron chi connectivity index (χ2n) is 7.71. The molecule has 0 saturated heterocycles. The van der Waals surface area contributed by atoms with Crippen molar-refractivity contribution in [3.05, 3.63) is 76.8 Å². The summed E-state index contributed by atoms with van der Waals surface area (Å²) in [7, 11) is -1.53. The van der Waals surface area contributed by atoms with Crippen molar-refractivity contribution in [3.8, 4) is 22.6 Å². The lowest BCUT2D eigenvalue weighted by molar-refractivity contribution is 0.438. The summed E-state index contributed by atoms with van der Waals surface area (Å²) in [6.45, 7) is 3.40. The summed E-state index contributed by atoms with van der Waals surface area (Å²) >= 11 is 0. The van der Waals surface area contributed by atoms with E-state index >= 15 is 0 Å². The molecule has 4 rings (SSSR count). The second kappa shape index (κ2) is 7.90. The van der Waals surface area contributed by atoms with Crippen LogP contribution in [0.3, 0.4) is 0 Å². The lowest BCUT2D eigenvalue weighted by atomic mass is 10.0. The van der Waals surface area contributed by atoms with E-state index in [0.29, 0.717) is 22.0 Å². The number of nitrogens with one attached hydrogen (secondary N) is 2. The number of rotatable bonds is 5. The molecule has 0 aliphatic heterocycles. The first-order chi connectivity index (χ1) is 15.1. The molecule has 166 valence electrons. The van der Waals surface area contributed by atoms with Gasteiger partial charge >= 0.3 is 0 Å². The van der Waals surface area contributed by atoms with E-state index in [0.717, 1.165) is 12.1 Å². The van der Waals surface area contributed by atoms with Crippen LogP contribution in [-0.4, -0.2) is 19.0 Å². The van der Waals surface area contributed by atoms with Crippen LogP contribution in [0.4, 0.5) is 8.78 Å². The predicted octanol–water partition coefficient (Wildman–Crippen LogP) is 5.42. The standard InChI is InChI=1S/C23H21F2N3O3S/c1-13(2)32(26,30)15-5-7-20(31-21-6-4-14(24)10-19(21)25)17(11-15)18-12-28(3)23(29)22-16(18)8-9-27-22/h4-13,26-27H,1-3H3. The van der Waals surface area contributed by atoms with E-state index in [1.807, 2.05) is 0 Å². The number of fused-ring (bicyclic) bond motifs is 1. The molecule has 0 aliphatic rings. The Morgan fingerprint density at radius 2 is 1.78 bits per heavy atom. The van der Waals surface area contributed by atoms with Gasteiger partial charge in [-0.1, -0.05) is 0 Å². The van der Waals surface area contributed by atoms with Crippen molar-refractivity contribution in [3.63, 3.8) is 0 Å². The lowest BCUT2D eigenvalue weighted by Crippen LogP contribution is -2.16. The number of H-pyrrole nitrogens is 1. The molecule has 2 N–H and O–H groups in total. The Kier molecular flexibility index (Phi) is 5.37. The highest BCUT2D eigenvalue weighted by Crippen LogP contribution is 2.39. The molecule has 2 aromatic heterocycles. The van der Waals surface area contributed by atoms with Crippen LogP contribution in [0.25, 0.3) is 22.0 Å². The maximum atomic E-state index is 14.3. The smallest absolute Gasteiger partial charge is 0.274 e. The lowest BCUT2D eigenvalue weighted by Gasteiger charge is -2.17. The quantitative estimate of drug-likeness (QED) is 0.420. The largest absolute Gasteiger partial charge is 0.454 e. The number of aryl methyl sites for hydroxylation is 1. The third kappa shape index (κ3) is 3.69. The summed E-state index contributed by atoms with van der Waals surface area (Å²) in [5, 5.41) is 0.153. The fourth-order valence-corrected chi connectivity index (χ4v) is 4.54. The van der Waals surface area contributed by atoms with Gasteiger partial charge in [-0.3, -0.25) is 4.79 Å². The van der Waals surface area contributed by atoms with Gasteiger partial charge < -0.3 is 14.3 Å². The van der Waals surface area contributed by atoms with E-state index in [9.17, 15) is 17.8 Å². The Labute approximate surface area is 183 Å². The number of hydrogen-bond donors (Lipinski definition) is 2. The SMILES string of the molecule is CC(C)S(=N)(=O)c1ccc(Oc2ccc(F)cc2F)c(-c2cn(C)c(=O)c3[nH]ccc23)c1. The molecule has 0 saturated carbocycles. The molecule has 0 aliphatic carbocycles. The van der Waals surface area contributed by atoms with Crippen molar-refractivity contribution in [2.75, 3.05) is 0 Å². The monoisotopic (exact) mass is 457 g/mol. The van der Waals surface area contributed by atoms with Crippen LogP contribution in [0.15, 0.2) is 64.5 Å². The Bertz CT molecular complexity index is 1500. The maximum absolute atomic E-state index is 14.3. The molecule has 0 amide bonds. The fraction of sp³-hybridized carbons (Fsp3) is 0.174. The van der Waals surface area contributed by atoms with Crippen LogP contribution in [0.1, 0.15) is 13.8 Å². The molecule has 0 radical (unpaired) electrons. The van der Waals surface area contributed by atoms with Gasteiger partial charge in [-0.05, 0) is 50.2 Å². The average Bonchev–Trinajstić information content (AvgIpc) is 3.23. The van der Waals surface area contributed by atoms with Crippen molar-refractivity contribution >= 4 is 20.6 Å². The summed E-state index contributed by atoms with van der Waals surface area (Å²) < 4.78 is 56.2. The molecule has 2 heterocycles. The van der Waals surface area contributed by atoms with Gasteiger partial charge in [-0.15, -0.1) is 0 Å². The zero-order valence-electron chi connectivity index (χ0n) is 17.6. The molecule has 32 heavy (non-hydrogen) atoms. The molecule has 1 unspecified atom stereocenters. The highest BCUT2D eigenvalue weighted by atomic mass is 32.2. The van der Waals surface area contributed by atoms with E-state index in [2.05, 4.69) is 4.98 Å². The zero-order valence-corrected chi connectivity index (χ0v) is 18.4. The van der Waals surface area contributed by atoms with Crippen molar-refractivity contribution in [2.24, 2.45) is 7.05 Å². The minimum Gasteiger partial charge on any atom is -0.454 e. The van der Waals surface area contributed by atoms with Crippen LogP contribution < -0.4 is 10.3 Å². The highest BCUT2D eigenvalue weighted by molar-refractivity contribution is 7.93. The first-order valence-corrected chi connectivity index (χ1v) is 11.4.